The number of aromatic nitrogens is 1. The SMILES string of the molecule is CC[C@@H](C)C(=O)N[C@H](C(=O)N1CCC[C@H]1CN(CCc1ccc(F)cc1)C(=O)c1nc2ccccc2o1)C(C)(C)C. The quantitative estimate of drug-likeness (QED) is 0.364. The molecule has 1 N–H and O–H groups in total. The Bertz CT molecular complexity index is 1330. The van der Waals surface area contributed by atoms with Crippen LogP contribution in [0.1, 0.15) is 70.1 Å². The molecule has 8 nitrogen and oxygen atoms in total. The highest BCUT2D eigenvalue weighted by Crippen LogP contribution is 2.27. The Labute approximate surface area is 241 Å². The summed E-state index contributed by atoms with van der Waals surface area (Å²) < 4.78 is 19.3. The lowest BCUT2D eigenvalue weighted by Crippen LogP contribution is -2.57. The Morgan fingerprint density at radius 3 is 2.51 bits per heavy atom. The van der Waals surface area contributed by atoms with Gasteiger partial charge in [0.05, 0.1) is 0 Å². The minimum Gasteiger partial charge on any atom is -0.432 e. The van der Waals surface area contributed by atoms with E-state index in [2.05, 4.69) is 10.3 Å². The van der Waals surface area contributed by atoms with E-state index in [-0.39, 0.29) is 41.4 Å². The lowest BCUT2D eigenvalue weighted by atomic mass is 9.85. The number of fused-ring (bicyclic) bond motifs is 1. The highest BCUT2D eigenvalue weighted by molar-refractivity contribution is 5.93. The van der Waals surface area contributed by atoms with Gasteiger partial charge in [0.1, 0.15) is 17.4 Å². The zero-order valence-electron chi connectivity index (χ0n) is 24.7. The maximum Gasteiger partial charge on any atom is 0.309 e. The molecule has 220 valence electrons. The molecule has 4 rings (SSSR count). The average Bonchev–Trinajstić information content (AvgIpc) is 3.60. The van der Waals surface area contributed by atoms with Crippen molar-refractivity contribution in [3.63, 3.8) is 0 Å². The highest BCUT2D eigenvalue weighted by Gasteiger charge is 2.41. The first-order chi connectivity index (χ1) is 19.5. The van der Waals surface area contributed by atoms with Gasteiger partial charge < -0.3 is 19.5 Å². The molecule has 1 saturated heterocycles. The summed E-state index contributed by atoms with van der Waals surface area (Å²) in [6.45, 7) is 10.8. The van der Waals surface area contributed by atoms with Crippen LogP contribution >= 0.6 is 0 Å². The van der Waals surface area contributed by atoms with Crippen LogP contribution in [0.4, 0.5) is 4.39 Å². The van der Waals surface area contributed by atoms with Crippen LogP contribution in [0, 0.1) is 17.2 Å². The molecule has 1 fully saturated rings. The molecule has 0 unspecified atom stereocenters. The van der Waals surface area contributed by atoms with Crippen LogP contribution in [-0.2, 0) is 16.0 Å². The number of benzene rings is 2. The topological polar surface area (TPSA) is 95.8 Å². The number of carbonyl (C=O) groups excluding carboxylic acids is 3. The van der Waals surface area contributed by atoms with Crippen molar-refractivity contribution in [2.75, 3.05) is 19.6 Å². The van der Waals surface area contributed by atoms with Crippen LogP contribution in [0.2, 0.25) is 0 Å². The lowest BCUT2D eigenvalue weighted by Gasteiger charge is -2.37. The number of amides is 3. The van der Waals surface area contributed by atoms with Crippen molar-refractivity contribution in [3.8, 4) is 0 Å². The lowest BCUT2D eigenvalue weighted by molar-refractivity contribution is -0.141. The molecular weight excluding hydrogens is 523 g/mol. The Morgan fingerprint density at radius 1 is 1.15 bits per heavy atom. The molecule has 1 aromatic heterocycles. The molecule has 3 amide bonds. The van der Waals surface area contributed by atoms with Crippen molar-refractivity contribution in [1.29, 1.82) is 0 Å². The van der Waals surface area contributed by atoms with E-state index in [0.29, 0.717) is 43.6 Å². The van der Waals surface area contributed by atoms with Gasteiger partial charge in [0.2, 0.25) is 11.8 Å². The summed E-state index contributed by atoms with van der Waals surface area (Å²) in [5.74, 6) is -1.15. The summed E-state index contributed by atoms with van der Waals surface area (Å²) in [4.78, 5) is 48.4. The summed E-state index contributed by atoms with van der Waals surface area (Å²) in [5, 5.41) is 3.01. The third-order valence-corrected chi connectivity index (χ3v) is 7.90. The minimum atomic E-state index is -0.690. The van der Waals surface area contributed by atoms with Crippen LogP contribution < -0.4 is 5.32 Å². The average molecular weight is 565 g/mol. The smallest absolute Gasteiger partial charge is 0.309 e. The molecule has 41 heavy (non-hydrogen) atoms. The van der Waals surface area contributed by atoms with Gasteiger partial charge in [-0.25, -0.2) is 9.37 Å². The molecule has 1 aliphatic rings. The number of halogens is 1. The van der Waals surface area contributed by atoms with Gasteiger partial charge >= 0.3 is 5.91 Å². The summed E-state index contributed by atoms with van der Waals surface area (Å²) in [6, 6.07) is 12.5. The number of para-hydroxylation sites is 2. The van der Waals surface area contributed by atoms with Gasteiger partial charge in [-0.15, -0.1) is 0 Å². The molecule has 0 spiro atoms. The first-order valence-electron chi connectivity index (χ1n) is 14.5. The fourth-order valence-electron chi connectivity index (χ4n) is 5.14. The Kier molecular flexibility index (Phi) is 9.46. The first kappa shape index (κ1) is 30.2. The third kappa shape index (κ3) is 7.31. The van der Waals surface area contributed by atoms with Crippen molar-refractivity contribution < 1.29 is 23.2 Å². The van der Waals surface area contributed by atoms with Crippen molar-refractivity contribution in [3.05, 3.63) is 65.8 Å². The van der Waals surface area contributed by atoms with Gasteiger partial charge in [0.15, 0.2) is 5.58 Å². The Balaban J connectivity index is 1.57. The van der Waals surface area contributed by atoms with E-state index in [1.807, 2.05) is 51.7 Å². The van der Waals surface area contributed by atoms with Crippen molar-refractivity contribution in [1.82, 2.24) is 20.1 Å². The van der Waals surface area contributed by atoms with E-state index in [1.54, 1.807) is 29.2 Å². The van der Waals surface area contributed by atoms with Gasteiger partial charge in [-0.2, -0.15) is 0 Å². The largest absolute Gasteiger partial charge is 0.432 e. The molecule has 0 aliphatic carbocycles. The zero-order valence-corrected chi connectivity index (χ0v) is 24.7. The molecule has 0 radical (unpaired) electrons. The standard InChI is InChI=1S/C32H41FN4O4/c1-6-21(2)28(38)35-27(32(3,4)5)30(39)37-18-9-10-24(37)20-36(19-17-22-13-15-23(33)16-14-22)31(40)29-34-25-11-7-8-12-26(25)41-29/h7-8,11-16,21,24,27H,6,9-10,17-20H2,1-5H3,(H,35,38)/t21-,24+,27-/m1/s1. The van der Waals surface area contributed by atoms with Crippen LogP contribution in [0.15, 0.2) is 52.9 Å². The number of hydrogen-bond donors (Lipinski definition) is 1. The van der Waals surface area contributed by atoms with E-state index in [4.69, 9.17) is 4.42 Å². The number of oxazole rings is 1. The van der Waals surface area contributed by atoms with Crippen LogP contribution in [0.5, 0.6) is 0 Å². The normalized spacial score (nSPS) is 16.9. The number of hydrogen-bond acceptors (Lipinski definition) is 5. The fraction of sp³-hybridized carbons (Fsp3) is 0.500. The summed E-state index contributed by atoms with van der Waals surface area (Å²) >= 11 is 0. The van der Waals surface area contributed by atoms with E-state index in [1.165, 1.54) is 12.1 Å². The fourth-order valence-corrected chi connectivity index (χ4v) is 5.14. The monoisotopic (exact) mass is 564 g/mol. The maximum absolute atomic E-state index is 13.9. The van der Waals surface area contributed by atoms with Gasteiger partial charge in [-0.3, -0.25) is 14.4 Å². The predicted octanol–water partition coefficient (Wildman–Crippen LogP) is 5.22. The van der Waals surface area contributed by atoms with Crippen LogP contribution in [0.25, 0.3) is 11.1 Å². The van der Waals surface area contributed by atoms with E-state index in [9.17, 15) is 18.8 Å². The predicted molar refractivity (Wildman–Crippen MR) is 156 cm³/mol. The zero-order chi connectivity index (χ0) is 29.7. The second-order valence-electron chi connectivity index (χ2n) is 12.1. The summed E-state index contributed by atoms with van der Waals surface area (Å²) in [7, 11) is 0. The molecule has 0 saturated carbocycles. The van der Waals surface area contributed by atoms with Gasteiger partial charge in [-0.1, -0.05) is 58.9 Å². The summed E-state index contributed by atoms with van der Waals surface area (Å²) in [5.41, 5.74) is 1.51. The second-order valence-corrected chi connectivity index (χ2v) is 12.1. The molecular formula is C32H41FN4O4. The van der Waals surface area contributed by atoms with Gasteiger partial charge in [-0.05, 0) is 60.9 Å². The molecule has 1 aliphatic heterocycles. The first-order valence-corrected chi connectivity index (χ1v) is 14.5. The van der Waals surface area contributed by atoms with Crippen molar-refractivity contribution >= 4 is 28.8 Å². The minimum absolute atomic E-state index is 0.00503. The van der Waals surface area contributed by atoms with Crippen LogP contribution in [0.3, 0.4) is 0 Å². The molecule has 3 aromatic rings. The van der Waals surface area contributed by atoms with E-state index < -0.39 is 11.5 Å². The van der Waals surface area contributed by atoms with Gasteiger partial charge in [0.25, 0.3) is 5.89 Å². The summed E-state index contributed by atoms with van der Waals surface area (Å²) in [6.07, 6.45) is 2.72. The number of carbonyl (C=O) groups is 3. The molecule has 2 aromatic carbocycles. The van der Waals surface area contributed by atoms with Gasteiger partial charge in [0, 0.05) is 31.6 Å². The molecule has 9 heteroatoms. The number of nitrogens with one attached hydrogen (secondary N) is 1. The molecule has 3 atom stereocenters. The number of nitrogens with zero attached hydrogens (tertiary/aromatic N) is 3. The van der Waals surface area contributed by atoms with Crippen molar-refractivity contribution in [2.45, 2.75) is 72.4 Å². The number of likely N-dealkylation sites (tertiary alicyclic amines) is 1. The second kappa shape index (κ2) is 12.8. The molecule has 2 heterocycles. The third-order valence-electron chi connectivity index (χ3n) is 7.90. The van der Waals surface area contributed by atoms with Crippen LogP contribution in [-0.4, -0.2) is 64.2 Å². The maximum atomic E-state index is 13.9. The van der Waals surface area contributed by atoms with E-state index in [0.717, 1.165) is 18.4 Å². The Morgan fingerprint density at radius 2 is 1.85 bits per heavy atom. The highest BCUT2D eigenvalue weighted by atomic mass is 19.1. The Hall–Kier alpha value is -3.75. The van der Waals surface area contributed by atoms with Crippen molar-refractivity contribution in [2.24, 2.45) is 11.3 Å². The molecule has 0 bridgehead atoms. The number of rotatable bonds is 10. The van der Waals surface area contributed by atoms with E-state index >= 15 is 0 Å².